The van der Waals surface area contributed by atoms with Gasteiger partial charge in [-0.2, -0.15) is 0 Å². The minimum Gasteiger partial charge on any atom is -0.341 e. The molecule has 0 N–H and O–H groups in total. The van der Waals surface area contributed by atoms with Gasteiger partial charge in [0, 0.05) is 12.4 Å². The van der Waals surface area contributed by atoms with Gasteiger partial charge in [-0.05, 0) is 31.0 Å². The standard InChI is InChI=1S/C13H14N2/c1-9-5-6-10(2)13-12(9)7-11(8-14-3)15(13)4/h5-7H,8H2,1-2,4H3. The van der Waals surface area contributed by atoms with Crippen LogP contribution in [0.3, 0.4) is 0 Å². The number of nitrogens with zero attached hydrogens (tertiary/aromatic N) is 2. The van der Waals surface area contributed by atoms with Gasteiger partial charge in [-0.3, -0.25) is 0 Å². The molecule has 0 saturated carbocycles. The molecule has 0 fully saturated rings. The number of aryl methyl sites for hydroxylation is 3. The first-order valence-corrected chi connectivity index (χ1v) is 5.03. The third kappa shape index (κ3) is 1.41. The Kier molecular flexibility index (Phi) is 2.24. The molecule has 0 bridgehead atoms. The Balaban J connectivity index is 2.82. The molecule has 2 nitrogen and oxygen atoms in total. The van der Waals surface area contributed by atoms with Gasteiger partial charge in [0.1, 0.15) is 0 Å². The van der Waals surface area contributed by atoms with Gasteiger partial charge in [0.05, 0.1) is 11.2 Å². The van der Waals surface area contributed by atoms with Crippen LogP contribution < -0.4 is 0 Å². The average molecular weight is 198 g/mol. The second kappa shape index (κ2) is 3.43. The lowest BCUT2D eigenvalue weighted by Crippen LogP contribution is -1.95. The zero-order valence-corrected chi connectivity index (χ0v) is 9.33. The fourth-order valence-corrected chi connectivity index (χ4v) is 2.09. The van der Waals surface area contributed by atoms with Crippen molar-refractivity contribution >= 4 is 10.9 Å². The summed E-state index contributed by atoms with van der Waals surface area (Å²) in [5.74, 6) is 0. The lowest BCUT2D eigenvalue weighted by atomic mass is 10.1. The Hall–Kier alpha value is -1.75. The summed E-state index contributed by atoms with van der Waals surface area (Å²) in [5, 5.41) is 1.27. The summed E-state index contributed by atoms with van der Waals surface area (Å²) < 4.78 is 2.13. The Morgan fingerprint density at radius 3 is 2.53 bits per heavy atom. The number of hydrogen-bond acceptors (Lipinski definition) is 0. The highest BCUT2D eigenvalue weighted by Gasteiger charge is 2.10. The largest absolute Gasteiger partial charge is 0.341 e. The van der Waals surface area contributed by atoms with Gasteiger partial charge in [-0.15, -0.1) is 0 Å². The number of hydrogen-bond donors (Lipinski definition) is 0. The van der Waals surface area contributed by atoms with E-state index < -0.39 is 0 Å². The molecule has 2 aromatic rings. The SMILES string of the molecule is [C-]#[N+]Cc1cc2c(C)ccc(C)c2n1C. The van der Waals surface area contributed by atoms with Crippen molar-refractivity contribution in [1.29, 1.82) is 0 Å². The van der Waals surface area contributed by atoms with Crippen LogP contribution in [0.2, 0.25) is 0 Å². The molecule has 2 rings (SSSR count). The molecule has 0 saturated heterocycles. The molecule has 0 aliphatic carbocycles. The van der Waals surface area contributed by atoms with Crippen molar-refractivity contribution in [3.63, 3.8) is 0 Å². The molecule has 1 aromatic heterocycles. The third-order valence-corrected chi connectivity index (χ3v) is 2.96. The van der Waals surface area contributed by atoms with Crippen LogP contribution in [0, 0.1) is 20.4 Å². The summed E-state index contributed by atoms with van der Waals surface area (Å²) in [7, 11) is 2.04. The monoisotopic (exact) mass is 198 g/mol. The van der Waals surface area contributed by atoms with Crippen molar-refractivity contribution in [2.75, 3.05) is 0 Å². The molecule has 0 aliphatic rings. The lowest BCUT2D eigenvalue weighted by Gasteiger charge is -2.03. The smallest absolute Gasteiger partial charge is 0.254 e. The highest BCUT2D eigenvalue weighted by molar-refractivity contribution is 5.87. The highest BCUT2D eigenvalue weighted by atomic mass is 15.0. The van der Waals surface area contributed by atoms with E-state index in [1.807, 2.05) is 7.05 Å². The van der Waals surface area contributed by atoms with Crippen LogP contribution in [-0.4, -0.2) is 4.57 Å². The first kappa shape index (κ1) is 9.79. The maximum atomic E-state index is 6.93. The maximum absolute atomic E-state index is 6.93. The zero-order valence-electron chi connectivity index (χ0n) is 9.33. The molecular weight excluding hydrogens is 184 g/mol. The summed E-state index contributed by atoms with van der Waals surface area (Å²) in [6.45, 7) is 11.6. The van der Waals surface area contributed by atoms with Crippen LogP contribution in [0.4, 0.5) is 0 Å². The first-order chi connectivity index (χ1) is 7.15. The van der Waals surface area contributed by atoms with E-state index in [0.717, 1.165) is 5.69 Å². The molecule has 76 valence electrons. The Bertz CT molecular complexity index is 556. The van der Waals surface area contributed by atoms with Crippen molar-refractivity contribution in [2.45, 2.75) is 20.4 Å². The number of aromatic nitrogens is 1. The predicted molar refractivity (Wildman–Crippen MR) is 62.7 cm³/mol. The van der Waals surface area contributed by atoms with Crippen molar-refractivity contribution in [1.82, 2.24) is 4.57 Å². The predicted octanol–water partition coefficient (Wildman–Crippen LogP) is 3.21. The first-order valence-electron chi connectivity index (χ1n) is 5.03. The van der Waals surface area contributed by atoms with E-state index in [2.05, 4.69) is 41.5 Å². The van der Waals surface area contributed by atoms with Crippen LogP contribution in [0.5, 0.6) is 0 Å². The summed E-state index contributed by atoms with van der Waals surface area (Å²) in [6, 6.07) is 6.41. The number of rotatable bonds is 1. The summed E-state index contributed by atoms with van der Waals surface area (Å²) in [5.41, 5.74) is 4.91. The maximum Gasteiger partial charge on any atom is 0.254 e. The van der Waals surface area contributed by atoms with Crippen LogP contribution in [0.1, 0.15) is 16.8 Å². The molecule has 1 aromatic carbocycles. The molecule has 0 radical (unpaired) electrons. The second-order valence-corrected chi connectivity index (χ2v) is 3.97. The van der Waals surface area contributed by atoms with Crippen LogP contribution in [-0.2, 0) is 13.6 Å². The number of fused-ring (bicyclic) bond motifs is 1. The van der Waals surface area contributed by atoms with E-state index in [1.54, 1.807) is 0 Å². The van der Waals surface area contributed by atoms with E-state index in [4.69, 9.17) is 6.57 Å². The fraction of sp³-hybridized carbons (Fsp3) is 0.308. The van der Waals surface area contributed by atoms with Crippen molar-refractivity contribution < 1.29 is 0 Å². The van der Waals surface area contributed by atoms with E-state index in [1.165, 1.54) is 22.0 Å². The quantitative estimate of drug-likeness (QED) is 0.622. The molecule has 0 spiro atoms. The van der Waals surface area contributed by atoms with Crippen molar-refractivity contribution in [3.05, 3.63) is 46.4 Å². The van der Waals surface area contributed by atoms with E-state index in [0.29, 0.717) is 6.54 Å². The summed E-state index contributed by atoms with van der Waals surface area (Å²) in [4.78, 5) is 3.45. The van der Waals surface area contributed by atoms with Crippen LogP contribution in [0.25, 0.3) is 15.7 Å². The van der Waals surface area contributed by atoms with Gasteiger partial charge < -0.3 is 9.41 Å². The van der Waals surface area contributed by atoms with Crippen molar-refractivity contribution in [2.24, 2.45) is 7.05 Å². The average Bonchev–Trinajstić information content (AvgIpc) is 2.53. The van der Waals surface area contributed by atoms with Crippen LogP contribution >= 0.6 is 0 Å². The van der Waals surface area contributed by atoms with Gasteiger partial charge >= 0.3 is 0 Å². The molecule has 0 atom stereocenters. The normalized spacial score (nSPS) is 10.5. The summed E-state index contributed by atoms with van der Waals surface area (Å²) >= 11 is 0. The van der Waals surface area contributed by atoms with Crippen molar-refractivity contribution in [3.8, 4) is 0 Å². The molecular formula is C13H14N2. The Labute approximate surface area is 90.0 Å². The lowest BCUT2D eigenvalue weighted by molar-refractivity contribution is 0.885. The van der Waals surface area contributed by atoms with E-state index >= 15 is 0 Å². The van der Waals surface area contributed by atoms with E-state index in [9.17, 15) is 0 Å². The molecule has 15 heavy (non-hydrogen) atoms. The van der Waals surface area contributed by atoms with Gasteiger partial charge in [0.25, 0.3) is 6.54 Å². The Morgan fingerprint density at radius 1 is 1.27 bits per heavy atom. The Morgan fingerprint density at radius 2 is 1.93 bits per heavy atom. The number of benzene rings is 1. The minimum absolute atomic E-state index is 0.462. The fourth-order valence-electron chi connectivity index (χ4n) is 2.09. The second-order valence-electron chi connectivity index (χ2n) is 3.97. The van der Waals surface area contributed by atoms with Crippen LogP contribution in [0.15, 0.2) is 18.2 Å². The van der Waals surface area contributed by atoms with Gasteiger partial charge in [-0.25, -0.2) is 6.57 Å². The van der Waals surface area contributed by atoms with Gasteiger partial charge in [0.2, 0.25) is 0 Å². The summed E-state index contributed by atoms with van der Waals surface area (Å²) in [6.07, 6.45) is 0. The van der Waals surface area contributed by atoms with Gasteiger partial charge in [0.15, 0.2) is 0 Å². The topological polar surface area (TPSA) is 9.29 Å². The third-order valence-electron chi connectivity index (χ3n) is 2.96. The minimum atomic E-state index is 0.462. The molecule has 2 heteroatoms. The molecule has 0 aliphatic heterocycles. The molecule has 0 amide bonds. The molecule has 1 heterocycles. The highest BCUT2D eigenvalue weighted by Crippen LogP contribution is 2.25. The molecule has 0 unspecified atom stereocenters. The zero-order chi connectivity index (χ0) is 11.0. The van der Waals surface area contributed by atoms with Gasteiger partial charge in [-0.1, -0.05) is 12.1 Å². The van der Waals surface area contributed by atoms with E-state index in [-0.39, 0.29) is 0 Å².